The Morgan fingerprint density at radius 3 is 2.83 bits per heavy atom. The van der Waals surface area contributed by atoms with Crippen LogP contribution in [0.5, 0.6) is 0 Å². The molecule has 18 heavy (non-hydrogen) atoms. The van der Waals surface area contributed by atoms with E-state index in [-0.39, 0.29) is 19.0 Å². The molecule has 1 N–H and O–H groups in total. The number of ether oxygens (including phenoxy) is 2. The molecule has 3 nitrogen and oxygen atoms in total. The van der Waals surface area contributed by atoms with Crippen molar-refractivity contribution in [3.05, 3.63) is 35.1 Å². The van der Waals surface area contributed by atoms with Crippen molar-refractivity contribution in [3.63, 3.8) is 0 Å². The molecule has 0 amide bonds. The molecule has 0 atom stereocenters. The van der Waals surface area contributed by atoms with Gasteiger partial charge in [0.15, 0.2) is 0 Å². The highest BCUT2D eigenvalue weighted by atomic mass is 19.1. The molecule has 0 bridgehead atoms. The molecule has 1 aromatic carbocycles. The molecule has 0 heterocycles. The van der Waals surface area contributed by atoms with E-state index < -0.39 is 0 Å². The molecular formula is C14H17FO3. The fraction of sp³-hybridized carbons (Fsp3) is 0.429. The summed E-state index contributed by atoms with van der Waals surface area (Å²) in [7, 11) is 1.63. The van der Waals surface area contributed by atoms with Gasteiger partial charge in [-0.05, 0) is 18.6 Å². The Morgan fingerprint density at radius 1 is 1.33 bits per heavy atom. The van der Waals surface area contributed by atoms with Crippen LogP contribution in [-0.2, 0) is 16.1 Å². The second-order valence-electron chi connectivity index (χ2n) is 3.67. The lowest BCUT2D eigenvalue weighted by Gasteiger charge is -2.05. The highest BCUT2D eigenvalue weighted by molar-refractivity contribution is 5.36. The third-order valence-corrected chi connectivity index (χ3v) is 2.26. The maximum absolute atomic E-state index is 13.6. The molecule has 0 saturated heterocycles. The highest BCUT2D eigenvalue weighted by Crippen LogP contribution is 2.11. The number of benzene rings is 1. The van der Waals surface area contributed by atoms with E-state index in [0.29, 0.717) is 24.3 Å². The first kappa shape index (κ1) is 14.7. The van der Waals surface area contributed by atoms with Gasteiger partial charge in [-0.3, -0.25) is 0 Å². The Kier molecular flexibility index (Phi) is 7.04. The summed E-state index contributed by atoms with van der Waals surface area (Å²) in [5.74, 6) is 4.78. The Balaban J connectivity index is 2.47. The van der Waals surface area contributed by atoms with Gasteiger partial charge in [-0.25, -0.2) is 4.39 Å². The van der Waals surface area contributed by atoms with E-state index in [1.165, 1.54) is 6.07 Å². The van der Waals surface area contributed by atoms with Crippen molar-refractivity contribution in [1.82, 2.24) is 0 Å². The highest BCUT2D eigenvalue weighted by Gasteiger charge is 2.02. The zero-order chi connectivity index (χ0) is 13.2. The van der Waals surface area contributed by atoms with Crippen molar-refractivity contribution in [2.24, 2.45) is 0 Å². The van der Waals surface area contributed by atoms with Crippen molar-refractivity contribution in [2.75, 3.05) is 26.9 Å². The standard InChI is InChI=1S/C14H17FO3/c1-17-8-3-9-18-11-13-6-5-12(4-2-7-16)10-14(13)15/h5-6,10,16H,3,7-9,11H2,1H3. The first-order chi connectivity index (χ1) is 8.77. The molecule has 0 saturated carbocycles. The molecule has 0 spiro atoms. The maximum Gasteiger partial charge on any atom is 0.129 e. The average Bonchev–Trinajstić information content (AvgIpc) is 2.38. The van der Waals surface area contributed by atoms with Gasteiger partial charge >= 0.3 is 0 Å². The van der Waals surface area contributed by atoms with Gasteiger partial charge in [0.1, 0.15) is 12.4 Å². The third-order valence-electron chi connectivity index (χ3n) is 2.26. The van der Waals surface area contributed by atoms with E-state index in [9.17, 15) is 4.39 Å². The van der Waals surface area contributed by atoms with Crippen molar-refractivity contribution < 1.29 is 19.0 Å². The van der Waals surface area contributed by atoms with Crippen LogP contribution < -0.4 is 0 Å². The van der Waals surface area contributed by atoms with Gasteiger partial charge in [0.2, 0.25) is 0 Å². The summed E-state index contributed by atoms with van der Waals surface area (Å²) >= 11 is 0. The van der Waals surface area contributed by atoms with Gasteiger partial charge in [-0.2, -0.15) is 0 Å². The number of methoxy groups -OCH3 is 1. The average molecular weight is 252 g/mol. The second-order valence-corrected chi connectivity index (χ2v) is 3.67. The lowest BCUT2D eigenvalue weighted by molar-refractivity contribution is 0.0913. The van der Waals surface area contributed by atoms with Crippen LogP contribution in [0.3, 0.4) is 0 Å². The van der Waals surface area contributed by atoms with Gasteiger partial charge < -0.3 is 14.6 Å². The van der Waals surface area contributed by atoms with E-state index in [0.717, 1.165) is 6.42 Å². The summed E-state index contributed by atoms with van der Waals surface area (Å²) in [5.41, 5.74) is 1.05. The van der Waals surface area contributed by atoms with E-state index in [1.807, 2.05) is 0 Å². The van der Waals surface area contributed by atoms with E-state index in [2.05, 4.69) is 11.8 Å². The van der Waals surface area contributed by atoms with Gasteiger partial charge in [0.25, 0.3) is 0 Å². The molecule has 0 aliphatic carbocycles. The van der Waals surface area contributed by atoms with Crippen LogP contribution in [0.1, 0.15) is 17.5 Å². The van der Waals surface area contributed by atoms with Gasteiger partial charge in [0.05, 0.1) is 6.61 Å². The summed E-state index contributed by atoms with van der Waals surface area (Å²) in [4.78, 5) is 0. The molecular weight excluding hydrogens is 235 g/mol. The zero-order valence-electron chi connectivity index (χ0n) is 10.4. The number of aliphatic hydroxyl groups excluding tert-OH is 1. The summed E-state index contributed by atoms with van der Waals surface area (Å²) < 4.78 is 23.8. The van der Waals surface area contributed by atoms with E-state index in [1.54, 1.807) is 19.2 Å². The minimum absolute atomic E-state index is 0.230. The van der Waals surface area contributed by atoms with Crippen LogP contribution in [-0.4, -0.2) is 32.0 Å². The third kappa shape index (κ3) is 5.28. The Bertz CT molecular complexity index is 421. The quantitative estimate of drug-likeness (QED) is 0.619. The first-order valence-corrected chi connectivity index (χ1v) is 5.72. The number of halogens is 1. The van der Waals surface area contributed by atoms with Crippen molar-refractivity contribution in [1.29, 1.82) is 0 Å². The molecule has 0 radical (unpaired) electrons. The number of rotatable bonds is 6. The van der Waals surface area contributed by atoms with E-state index in [4.69, 9.17) is 14.6 Å². The predicted molar refractivity (Wildman–Crippen MR) is 66.5 cm³/mol. The van der Waals surface area contributed by atoms with Crippen molar-refractivity contribution in [3.8, 4) is 11.8 Å². The van der Waals surface area contributed by atoms with Crippen molar-refractivity contribution >= 4 is 0 Å². The summed E-state index contributed by atoms with van der Waals surface area (Å²) in [6.07, 6.45) is 0.790. The fourth-order valence-electron chi connectivity index (χ4n) is 1.37. The Labute approximate surface area is 107 Å². The smallest absolute Gasteiger partial charge is 0.129 e. The molecule has 1 rings (SSSR count). The van der Waals surface area contributed by atoms with Crippen LogP contribution >= 0.6 is 0 Å². The number of aliphatic hydroxyl groups is 1. The van der Waals surface area contributed by atoms with Crippen molar-refractivity contribution in [2.45, 2.75) is 13.0 Å². The molecule has 1 aromatic rings. The maximum atomic E-state index is 13.6. The monoisotopic (exact) mass is 252 g/mol. The summed E-state index contributed by atoms with van der Waals surface area (Å²) in [6.45, 7) is 1.19. The molecule has 0 aromatic heterocycles. The minimum atomic E-state index is -0.341. The Morgan fingerprint density at radius 2 is 2.17 bits per heavy atom. The summed E-state index contributed by atoms with van der Waals surface area (Å²) in [5, 5.41) is 8.54. The van der Waals surface area contributed by atoms with Crippen LogP contribution in [0.15, 0.2) is 18.2 Å². The van der Waals surface area contributed by atoms with Gasteiger partial charge in [-0.15, -0.1) is 0 Å². The van der Waals surface area contributed by atoms with Crippen LogP contribution in [0.4, 0.5) is 4.39 Å². The van der Waals surface area contributed by atoms with Crippen LogP contribution in [0.25, 0.3) is 0 Å². The van der Waals surface area contributed by atoms with E-state index >= 15 is 0 Å². The lowest BCUT2D eigenvalue weighted by Crippen LogP contribution is -2.01. The molecule has 0 aliphatic heterocycles. The number of hydrogen-bond donors (Lipinski definition) is 1. The first-order valence-electron chi connectivity index (χ1n) is 5.72. The molecule has 0 unspecified atom stereocenters. The number of hydrogen-bond acceptors (Lipinski definition) is 3. The molecule has 98 valence electrons. The Hall–Kier alpha value is -1.41. The van der Waals surface area contributed by atoms with Crippen LogP contribution in [0.2, 0.25) is 0 Å². The predicted octanol–water partition coefficient (Wildman–Crippen LogP) is 1.72. The van der Waals surface area contributed by atoms with Crippen LogP contribution in [0, 0.1) is 17.7 Å². The lowest BCUT2D eigenvalue weighted by atomic mass is 10.1. The van der Waals surface area contributed by atoms with Gasteiger partial charge in [-0.1, -0.05) is 17.9 Å². The zero-order valence-corrected chi connectivity index (χ0v) is 10.4. The normalized spacial score (nSPS) is 9.94. The second kappa shape index (κ2) is 8.65. The van der Waals surface area contributed by atoms with Gasteiger partial charge in [0, 0.05) is 31.5 Å². The molecule has 0 aliphatic rings. The minimum Gasteiger partial charge on any atom is -0.385 e. The fourth-order valence-corrected chi connectivity index (χ4v) is 1.37. The topological polar surface area (TPSA) is 38.7 Å². The SMILES string of the molecule is COCCCOCc1ccc(C#CCO)cc1F. The molecule has 4 heteroatoms. The molecule has 0 fully saturated rings. The summed E-state index contributed by atoms with van der Waals surface area (Å²) in [6, 6.07) is 4.70. The largest absolute Gasteiger partial charge is 0.385 e.